The summed E-state index contributed by atoms with van der Waals surface area (Å²) in [6.45, 7) is 4.85. The van der Waals surface area contributed by atoms with Crippen molar-refractivity contribution in [3.8, 4) is 0 Å². The first-order chi connectivity index (χ1) is 8.83. The fourth-order valence-corrected chi connectivity index (χ4v) is 2.47. The summed E-state index contributed by atoms with van der Waals surface area (Å²) < 4.78 is 0. The molecule has 1 aliphatic rings. The molecule has 0 aromatic heterocycles. The zero-order chi connectivity index (χ0) is 12.8. The van der Waals surface area contributed by atoms with Crippen LogP contribution in [0.15, 0.2) is 30.3 Å². The molecule has 1 aliphatic heterocycles. The van der Waals surface area contributed by atoms with Crippen molar-refractivity contribution in [1.29, 1.82) is 0 Å². The van der Waals surface area contributed by atoms with E-state index in [-0.39, 0.29) is 18.3 Å². The third-order valence-electron chi connectivity index (χ3n) is 3.52. The zero-order valence-corrected chi connectivity index (χ0v) is 12.3. The van der Waals surface area contributed by atoms with E-state index in [2.05, 4.69) is 12.2 Å². The lowest BCUT2D eigenvalue weighted by Crippen LogP contribution is -2.53. The Morgan fingerprint density at radius 3 is 2.79 bits per heavy atom. The molecule has 1 fully saturated rings. The molecule has 1 atom stereocenters. The molecule has 0 aliphatic carbocycles. The number of benzene rings is 1. The van der Waals surface area contributed by atoms with Crippen molar-refractivity contribution in [3.63, 3.8) is 0 Å². The molecule has 0 bridgehead atoms. The summed E-state index contributed by atoms with van der Waals surface area (Å²) in [5.41, 5.74) is 0.806. The highest BCUT2D eigenvalue weighted by Crippen LogP contribution is 2.15. The number of amides is 1. The molecule has 1 saturated heterocycles. The second kappa shape index (κ2) is 8.18. The Balaban J connectivity index is 0.00000180. The van der Waals surface area contributed by atoms with Gasteiger partial charge in [0.1, 0.15) is 0 Å². The third-order valence-corrected chi connectivity index (χ3v) is 3.52. The second-order valence-electron chi connectivity index (χ2n) is 4.86. The number of piperazine rings is 1. The summed E-state index contributed by atoms with van der Waals surface area (Å²) in [4.78, 5) is 14.5. The Hall–Kier alpha value is -1.06. The zero-order valence-electron chi connectivity index (χ0n) is 11.5. The van der Waals surface area contributed by atoms with Crippen molar-refractivity contribution in [2.24, 2.45) is 0 Å². The van der Waals surface area contributed by atoms with Gasteiger partial charge in [-0.3, -0.25) is 4.79 Å². The van der Waals surface area contributed by atoms with E-state index in [1.54, 1.807) is 0 Å². The molecule has 1 heterocycles. The smallest absolute Gasteiger partial charge is 0.254 e. The molecule has 1 N–H and O–H groups in total. The fourth-order valence-electron chi connectivity index (χ4n) is 2.47. The Morgan fingerprint density at radius 2 is 2.11 bits per heavy atom. The third kappa shape index (κ3) is 4.22. The van der Waals surface area contributed by atoms with E-state index < -0.39 is 0 Å². The van der Waals surface area contributed by atoms with Gasteiger partial charge in [-0.1, -0.05) is 38.0 Å². The summed E-state index contributed by atoms with van der Waals surface area (Å²) in [5, 5.41) is 3.39. The van der Waals surface area contributed by atoms with E-state index >= 15 is 0 Å². The largest absolute Gasteiger partial charge is 0.333 e. The summed E-state index contributed by atoms with van der Waals surface area (Å²) in [6.07, 6.45) is 3.47. The minimum atomic E-state index is 0. The van der Waals surface area contributed by atoms with Crippen molar-refractivity contribution in [3.05, 3.63) is 35.9 Å². The van der Waals surface area contributed by atoms with Gasteiger partial charge in [0, 0.05) is 31.2 Å². The predicted molar refractivity (Wildman–Crippen MR) is 80.9 cm³/mol. The maximum atomic E-state index is 12.5. The van der Waals surface area contributed by atoms with Gasteiger partial charge in [-0.25, -0.2) is 0 Å². The van der Waals surface area contributed by atoms with Gasteiger partial charge in [0.2, 0.25) is 0 Å². The van der Waals surface area contributed by atoms with Gasteiger partial charge in [0.15, 0.2) is 0 Å². The van der Waals surface area contributed by atoms with Crippen LogP contribution in [0.5, 0.6) is 0 Å². The van der Waals surface area contributed by atoms with E-state index in [4.69, 9.17) is 0 Å². The molecule has 1 aromatic carbocycles. The SMILES string of the molecule is CCCC[C@H]1CNCCN1C(=O)c1ccccc1.Cl. The van der Waals surface area contributed by atoms with Crippen LogP contribution in [0, 0.1) is 0 Å². The summed E-state index contributed by atoms with van der Waals surface area (Å²) in [7, 11) is 0. The van der Waals surface area contributed by atoms with Crippen LogP contribution in [0.2, 0.25) is 0 Å². The van der Waals surface area contributed by atoms with Crippen LogP contribution >= 0.6 is 12.4 Å². The number of nitrogens with zero attached hydrogens (tertiary/aromatic N) is 1. The lowest BCUT2D eigenvalue weighted by Gasteiger charge is -2.36. The Morgan fingerprint density at radius 1 is 1.37 bits per heavy atom. The van der Waals surface area contributed by atoms with Crippen molar-refractivity contribution in [2.75, 3.05) is 19.6 Å². The summed E-state index contributed by atoms with van der Waals surface area (Å²) in [5.74, 6) is 0.179. The van der Waals surface area contributed by atoms with Gasteiger partial charge in [-0.2, -0.15) is 0 Å². The highest BCUT2D eigenvalue weighted by molar-refractivity contribution is 5.94. The number of halogens is 1. The molecule has 19 heavy (non-hydrogen) atoms. The summed E-state index contributed by atoms with van der Waals surface area (Å²) in [6, 6.07) is 9.96. The first-order valence-electron chi connectivity index (χ1n) is 6.89. The number of rotatable bonds is 4. The Kier molecular flexibility index (Phi) is 6.89. The van der Waals surface area contributed by atoms with Crippen molar-refractivity contribution < 1.29 is 4.79 Å². The number of unbranched alkanes of at least 4 members (excludes halogenated alkanes) is 1. The minimum absolute atomic E-state index is 0. The Labute approximate surface area is 121 Å². The molecule has 106 valence electrons. The molecule has 0 spiro atoms. The monoisotopic (exact) mass is 282 g/mol. The highest BCUT2D eigenvalue weighted by atomic mass is 35.5. The van der Waals surface area contributed by atoms with Crippen LogP contribution < -0.4 is 5.32 Å². The Bertz CT molecular complexity index is 383. The van der Waals surface area contributed by atoms with Crippen molar-refractivity contribution in [1.82, 2.24) is 10.2 Å². The topological polar surface area (TPSA) is 32.3 Å². The second-order valence-corrected chi connectivity index (χ2v) is 4.86. The molecule has 2 rings (SSSR count). The molecule has 0 saturated carbocycles. The van der Waals surface area contributed by atoms with Crippen LogP contribution in [0.1, 0.15) is 36.5 Å². The molecular formula is C15H23ClN2O. The first-order valence-corrected chi connectivity index (χ1v) is 6.89. The van der Waals surface area contributed by atoms with E-state index in [0.717, 1.165) is 31.6 Å². The fraction of sp³-hybridized carbons (Fsp3) is 0.533. The first kappa shape index (κ1) is 16.0. The number of hydrogen-bond acceptors (Lipinski definition) is 2. The van der Waals surface area contributed by atoms with Crippen LogP contribution in [0.3, 0.4) is 0 Å². The van der Waals surface area contributed by atoms with Crippen LogP contribution in [-0.2, 0) is 0 Å². The molecule has 0 unspecified atom stereocenters. The number of hydrogen-bond donors (Lipinski definition) is 1. The van der Waals surface area contributed by atoms with Gasteiger partial charge >= 0.3 is 0 Å². The maximum absolute atomic E-state index is 12.5. The van der Waals surface area contributed by atoms with Gasteiger partial charge in [-0.05, 0) is 18.6 Å². The maximum Gasteiger partial charge on any atom is 0.254 e. The lowest BCUT2D eigenvalue weighted by atomic mass is 10.0. The number of nitrogens with one attached hydrogen (secondary N) is 1. The van der Waals surface area contributed by atoms with Gasteiger partial charge in [0.05, 0.1) is 0 Å². The molecule has 3 nitrogen and oxygen atoms in total. The normalized spacial score (nSPS) is 18.8. The van der Waals surface area contributed by atoms with Crippen LogP contribution in [0.4, 0.5) is 0 Å². The van der Waals surface area contributed by atoms with Gasteiger partial charge in [-0.15, -0.1) is 12.4 Å². The van der Waals surface area contributed by atoms with E-state index in [0.29, 0.717) is 6.04 Å². The standard InChI is InChI=1S/C15H22N2O.ClH/c1-2-3-9-14-12-16-10-11-17(14)15(18)13-7-5-4-6-8-13;/h4-8,14,16H,2-3,9-12H2,1H3;1H/t14-;/m0./s1. The molecule has 4 heteroatoms. The minimum Gasteiger partial charge on any atom is -0.333 e. The average Bonchev–Trinajstić information content (AvgIpc) is 2.45. The van der Waals surface area contributed by atoms with Gasteiger partial charge in [0.25, 0.3) is 5.91 Å². The molecular weight excluding hydrogens is 260 g/mol. The average molecular weight is 283 g/mol. The number of carbonyl (C=O) groups excluding carboxylic acids is 1. The molecule has 1 aromatic rings. The quantitative estimate of drug-likeness (QED) is 0.921. The summed E-state index contributed by atoms with van der Waals surface area (Å²) >= 11 is 0. The number of carbonyl (C=O) groups is 1. The molecule has 1 amide bonds. The van der Waals surface area contributed by atoms with E-state index in [9.17, 15) is 4.79 Å². The van der Waals surface area contributed by atoms with Crippen LogP contribution in [0.25, 0.3) is 0 Å². The van der Waals surface area contributed by atoms with Gasteiger partial charge < -0.3 is 10.2 Å². The van der Waals surface area contributed by atoms with Crippen molar-refractivity contribution in [2.45, 2.75) is 32.2 Å². The van der Waals surface area contributed by atoms with Crippen LogP contribution in [-0.4, -0.2) is 36.5 Å². The molecule has 0 radical (unpaired) electrons. The van der Waals surface area contributed by atoms with Crippen molar-refractivity contribution >= 4 is 18.3 Å². The predicted octanol–water partition coefficient (Wildman–Crippen LogP) is 2.71. The van der Waals surface area contributed by atoms with E-state index in [1.807, 2.05) is 35.2 Å². The van der Waals surface area contributed by atoms with E-state index in [1.165, 1.54) is 12.8 Å². The highest BCUT2D eigenvalue weighted by Gasteiger charge is 2.26. The lowest BCUT2D eigenvalue weighted by molar-refractivity contribution is 0.0622.